The average molecular weight is 491 g/mol. The van der Waals surface area contributed by atoms with Crippen molar-refractivity contribution in [3.05, 3.63) is 46.9 Å². The van der Waals surface area contributed by atoms with Crippen molar-refractivity contribution < 1.29 is 18.7 Å². The van der Waals surface area contributed by atoms with E-state index in [1.807, 2.05) is 42.6 Å². The van der Waals surface area contributed by atoms with Gasteiger partial charge in [-0.3, -0.25) is 4.79 Å². The topological polar surface area (TPSA) is 48.7 Å². The molecule has 1 aromatic heterocycles. The third-order valence-electron chi connectivity index (χ3n) is 5.40. The quantitative estimate of drug-likeness (QED) is 0.134. The van der Waals surface area contributed by atoms with Gasteiger partial charge in [0.1, 0.15) is 11.5 Å². The summed E-state index contributed by atoms with van der Waals surface area (Å²) in [6.45, 7) is 3.00. The molecule has 0 amide bonds. The summed E-state index contributed by atoms with van der Waals surface area (Å²) in [5.41, 5.74) is 2.22. The maximum Gasteiger partial charge on any atom is 0.305 e. The van der Waals surface area contributed by atoms with E-state index in [4.69, 9.17) is 13.9 Å². The number of hydrogen-bond donors (Lipinski definition) is 0. The molecule has 0 N–H and O–H groups in total. The first-order valence-corrected chi connectivity index (χ1v) is 14.4. The molecule has 0 saturated heterocycles. The van der Waals surface area contributed by atoms with Crippen LogP contribution in [0.3, 0.4) is 0 Å². The van der Waals surface area contributed by atoms with E-state index in [0.29, 0.717) is 18.8 Å². The molecular weight excluding hydrogens is 460 g/mol. The van der Waals surface area contributed by atoms with Crippen LogP contribution >= 0.6 is 35.3 Å². The number of rotatable bonds is 9. The zero-order chi connectivity index (χ0) is 23.0. The van der Waals surface area contributed by atoms with Gasteiger partial charge in [-0.25, -0.2) is 0 Å². The van der Waals surface area contributed by atoms with E-state index in [0.717, 1.165) is 54.3 Å². The summed E-state index contributed by atoms with van der Waals surface area (Å²) in [4.78, 5) is 12.5. The molecule has 7 heteroatoms. The van der Waals surface area contributed by atoms with E-state index >= 15 is 0 Å². The Balaban J connectivity index is 1.72. The molecule has 0 unspecified atom stereocenters. The molecule has 0 spiro atoms. The highest BCUT2D eigenvalue weighted by atomic mass is 32.2. The summed E-state index contributed by atoms with van der Waals surface area (Å²) in [5.74, 6) is 8.91. The van der Waals surface area contributed by atoms with Crippen molar-refractivity contribution in [1.82, 2.24) is 0 Å². The number of carbonyl (C=O) groups excluding carboxylic acids is 1. The Morgan fingerprint density at radius 2 is 1.97 bits per heavy atom. The Hall–Kier alpha value is -1.62. The smallest absolute Gasteiger partial charge is 0.305 e. The second-order valence-electron chi connectivity index (χ2n) is 7.34. The monoisotopic (exact) mass is 490 g/mol. The van der Waals surface area contributed by atoms with E-state index in [1.165, 1.54) is 5.56 Å². The number of aryl methyl sites for hydroxylation is 1. The molecule has 32 heavy (non-hydrogen) atoms. The average Bonchev–Trinajstić information content (AvgIpc) is 3.27. The van der Waals surface area contributed by atoms with Gasteiger partial charge in [-0.2, -0.15) is 0 Å². The molecule has 4 nitrogen and oxygen atoms in total. The summed E-state index contributed by atoms with van der Waals surface area (Å²) in [5, 5.41) is 0. The van der Waals surface area contributed by atoms with Gasteiger partial charge in [-0.1, -0.05) is 5.92 Å². The standard InChI is InChI=1S/C25H30O4S3/c1-5-27-24(26)9-7-6-8-19-12-13-20(29-19)11-10-18-16-21-22(17-23(18)30-2)28-15-14-25(21,31-3)32-4/h12-13,16-17H,5-9,14-15H2,1-4H3. The first kappa shape index (κ1) is 25.0. The molecule has 0 radical (unpaired) electrons. The molecule has 2 heterocycles. The van der Waals surface area contributed by atoms with Gasteiger partial charge in [-0.05, 0) is 68.7 Å². The van der Waals surface area contributed by atoms with Gasteiger partial charge in [0, 0.05) is 35.3 Å². The number of esters is 1. The molecule has 1 aromatic carbocycles. The summed E-state index contributed by atoms with van der Waals surface area (Å²) in [6.07, 6.45) is 10.3. The highest BCUT2D eigenvalue weighted by Crippen LogP contribution is 2.53. The number of thioether (sulfide) groups is 3. The fourth-order valence-electron chi connectivity index (χ4n) is 3.69. The van der Waals surface area contributed by atoms with Crippen molar-refractivity contribution in [2.24, 2.45) is 0 Å². The lowest BCUT2D eigenvalue weighted by Crippen LogP contribution is -2.26. The van der Waals surface area contributed by atoms with Crippen LogP contribution in [0.4, 0.5) is 0 Å². The lowest BCUT2D eigenvalue weighted by atomic mass is 10.0. The number of benzene rings is 1. The largest absolute Gasteiger partial charge is 0.493 e. The molecule has 1 aliphatic rings. The second kappa shape index (κ2) is 12.0. The first-order chi connectivity index (χ1) is 15.5. The van der Waals surface area contributed by atoms with Gasteiger partial charge in [0.2, 0.25) is 0 Å². The summed E-state index contributed by atoms with van der Waals surface area (Å²) >= 11 is 5.42. The number of furan rings is 1. The van der Waals surface area contributed by atoms with E-state index < -0.39 is 0 Å². The summed E-state index contributed by atoms with van der Waals surface area (Å²) < 4.78 is 16.8. The van der Waals surface area contributed by atoms with Crippen molar-refractivity contribution in [1.29, 1.82) is 0 Å². The normalized spacial score (nSPS) is 14.1. The summed E-state index contributed by atoms with van der Waals surface area (Å²) in [6, 6.07) is 8.21. The molecule has 0 fully saturated rings. The van der Waals surface area contributed by atoms with Crippen molar-refractivity contribution >= 4 is 41.3 Å². The van der Waals surface area contributed by atoms with Gasteiger partial charge in [-0.15, -0.1) is 35.3 Å². The second-order valence-corrected chi connectivity index (χ2v) is 10.7. The van der Waals surface area contributed by atoms with E-state index in [1.54, 1.807) is 11.8 Å². The zero-order valence-corrected chi connectivity index (χ0v) is 21.6. The van der Waals surface area contributed by atoms with Crippen LogP contribution < -0.4 is 4.74 Å². The van der Waals surface area contributed by atoms with Gasteiger partial charge in [0.05, 0.1) is 17.3 Å². The van der Waals surface area contributed by atoms with Crippen LogP contribution in [0.25, 0.3) is 0 Å². The molecule has 0 aliphatic carbocycles. The first-order valence-electron chi connectivity index (χ1n) is 10.8. The minimum absolute atomic E-state index is 0.00234. The molecule has 0 bridgehead atoms. The molecule has 3 rings (SSSR count). The minimum atomic E-state index is -0.134. The number of carbonyl (C=O) groups is 1. The number of ether oxygens (including phenoxy) is 2. The Morgan fingerprint density at radius 3 is 2.69 bits per heavy atom. The lowest BCUT2D eigenvalue weighted by Gasteiger charge is -2.36. The highest BCUT2D eigenvalue weighted by Gasteiger charge is 2.37. The van der Waals surface area contributed by atoms with Crippen LogP contribution in [0, 0.1) is 11.8 Å². The molecule has 0 atom stereocenters. The van der Waals surface area contributed by atoms with Crippen molar-refractivity contribution in [3.8, 4) is 17.6 Å². The van der Waals surface area contributed by atoms with Crippen LogP contribution in [0.5, 0.6) is 5.75 Å². The van der Waals surface area contributed by atoms with Crippen molar-refractivity contribution in [3.63, 3.8) is 0 Å². The van der Waals surface area contributed by atoms with Crippen LogP contribution in [-0.2, 0) is 20.0 Å². The van der Waals surface area contributed by atoms with Gasteiger partial charge < -0.3 is 13.9 Å². The van der Waals surface area contributed by atoms with Gasteiger partial charge in [0.15, 0.2) is 5.76 Å². The maximum atomic E-state index is 11.4. The predicted molar refractivity (Wildman–Crippen MR) is 136 cm³/mol. The fraction of sp³-hybridized carbons (Fsp3) is 0.480. The summed E-state index contributed by atoms with van der Waals surface area (Å²) in [7, 11) is 0. The van der Waals surface area contributed by atoms with Crippen LogP contribution in [0.2, 0.25) is 0 Å². The predicted octanol–water partition coefficient (Wildman–Crippen LogP) is 6.34. The Kier molecular flexibility index (Phi) is 9.39. The Morgan fingerprint density at radius 1 is 1.16 bits per heavy atom. The van der Waals surface area contributed by atoms with Crippen molar-refractivity contribution in [2.45, 2.75) is 48.0 Å². The Labute approximate surface area is 204 Å². The third-order valence-corrected chi connectivity index (χ3v) is 9.35. The minimum Gasteiger partial charge on any atom is -0.493 e. The van der Waals surface area contributed by atoms with Crippen LogP contribution in [-0.4, -0.2) is 38.0 Å². The molecule has 2 aromatic rings. The zero-order valence-electron chi connectivity index (χ0n) is 19.1. The number of unbranched alkanes of at least 4 members (excludes halogenated alkanes) is 1. The molecule has 0 saturated carbocycles. The lowest BCUT2D eigenvalue weighted by molar-refractivity contribution is -0.143. The Bertz CT molecular complexity index is 983. The number of fused-ring (bicyclic) bond motifs is 1. The van der Waals surface area contributed by atoms with Gasteiger partial charge >= 0.3 is 5.97 Å². The fourth-order valence-corrected chi connectivity index (χ4v) is 6.25. The van der Waals surface area contributed by atoms with Gasteiger partial charge in [0.25, 0.3) is 0 Å². The molecule has 172 valence electrons. The van der Waals surface area contributed by atoms with E-state index in [-0.39, 0.29) is 10.0 Å². The SMILES string of the molecule is CCOC(=O)CCCCc1ccc(C#Cc2cc3c(cc2SC)OCCC3(SC)SC)o1. The third kappa shape index (κ3) is 6.03. The number of hydrogen-bond acceptors (Lipinski definition) is 7. The van der Waals surface area contributed by atoms with Crippen molar-refractivity contribution in [2.75, 3.05) is 32.0 Å². The van der Waals surface area contributed by atoms with E-state index in [9.17, 15) is 4.79 Å². The van der Waals surface area contributed by atoms with E-state index in [2.05, 4.69) is 42.7 Å². The molecule has 1 aliphatic heterocycles. The molecular formula is C25H30O4S3. The highest BCUT2D eigenvalue weighted by molar-refractivity contribution is 8.16. The van der Waals surface area contributed by atoms with Crippen LogP contribution in [0.15, 0.2) is 33.6 Å². The maximum absolute atomic E-state index is 11.4. The van der Waals surface area contributed by atoms with Crippen LogP contribution in [0.1, 0.15) is 55.3 Å².